The molecule has 1 atom stereocenters. The Morgan fingerprint density at radius 3 is 3.04 bits per heavy atom. The molecule has 2 N–H and O–H groups in total. The number of hydrogen-bond donors (Lipinski definition) is 2. The Morgan fingerprint density at radius 1 is 1.48 bits per heavy atom. The van der Waals surface area contributed by atoms with Gasteiger partial charge in [0.05, 0.1) is 12.8 Å². The van der Waals surface area contributed by atoms with Crippen molar-refractivity contribution in [2.24, 2.45) is 0 Å². The summed E-state index contributed by atoms with van der Waals surface area (Å²) < 4.78 is 5.42. The zero-order valence-electron chi connectivity index (χ0n) is 13.5. The Kier molecular flexibility index (Phi) is 4.50. The summed E-state index contributed by atoms with van der Waals surface area (Å²) in [5.74, 6) is 0.743. The van der Waals surface area contributed by atoms with Crippen molar-refractivity contribution in [2.75, 3.05) is 25.1 Å². The van der Waals surface area contributed by atoms with Crippen molar-refractivity contribution in [3.63, 3.8) is 0 Å². The van der Waals surface area contributed by atoms with Crippen LogP contribution in [0.25, 0.3) is 0 Å². The number of hydrogen-bond acceptors (Lipinski definition) is 4. The monoisotopic (exact) mass is 314 g/mol. The van der Waals surface area contributed by atoms with E-state index < -0.39 is 0 Å². The van der Waals surface area contributed by atoms with Crippen LogP contribution in [-0.2, 0) is 6.42 Å². The zero-order valence-corrected chi connectivity index (χ0v) is 13.5. The lowest BCUT2D eigenvalue weighted by molar-refractivity contribution is 0.0935. The number of para-hydroxylation sites is 2. The second-order valence-corrected chi connectivity index (χ2v) is 5.71. The molecule has 1 unspecified atom stereocenters. The van der Waals surface area contributed by atoms with Crippen LogP contribution in [0, 0.1) is 0 Å². The van der Waals surface area contributed by atoms with Crippen LogP contribution in [0.4, 0.5) is 5.69 Å². The molecule has 1 aliphatic rings. The summed E-state index contributed by atoms with van der Waals surface area (Å²) in [6.07, 6.45) is 1.75. The van der Waals surface area contributed by atoms with Gasteiger partial charge in [-0.2, -0.15) is 5.10 Å². The summed E-state index contributed by atoms with van der Waals surface area (Å²) in [5, 5.41) is 10.0. The van der Waals surface area contributed by atoms with Gasteiger partial charge >= 0.3 is 0 Å². The van der Waals surface area contributed by atoms with E-state index in [2.05, 4.69) is 20.4 Å². The van der Waals surface area contributed by atoms with E-state index in [0.29, 0.717) is 5.69 Å². The zero-order chi connectivity index (χ0) is 16.2. The number of benzene rings is 1. The van der Waals surface area contributed by atoms with Crippen LogP contribution in [0.15, 0.2) is 30.3 Å². The number of anilines is 1. The predicted octanol–water partition coefficient (Wildman–Crippen LogP) is 1.99. The number of aromatic nitrogens is 2. The van der Waals surface area contributed by atoms with E-state index in [1.165, 1.54) is 0 Å². The van der Waals surface area contributed by atoms with Gasteiger partial charge in [0.15, 0.2) is 0 Å². The van der Waals surface area contributed by atoms with E-state index in [0.717, 1.165) is 43.1 Å². The lowest BCUT2D eigenvalue weighted by Gasteiger charge is -2.21. The topological polar surface area (TPSA) is 70.2 Å². The summed E-state index contributed by atoms with van der Waals surface area (Å²) in [6, 6.07) is 9.89. The summed E-state index contributed by atoms with van der Waals surface area (Å²) in [4.78, 5) is 14.5. The number of rotatable bonds is 5. The van der Waals surface area contributed by atoms with Gasteiger partial charge in [-0.25, -0.2) is 0 Å². The van der Waals surface area contributed by atoms with E-state index in [1.807, 2.05) is 37.3 Å². The number of nitrogens with one attached hydrogen (secondary N) is 2. The smallest absolute Gasteiger partial charge is 0.272 e. The Hall–Kier alpha value is -2.50. The molecule has 1 saturated heterocycles. The lowest BCUT2D eigenvalue weighted by atomic mass is 10.2. The van der Waals surface area contributed by atoms with E-state index in [-0.39, 0.29) is 11.9 Å². The molecule has 6 nitrogen and oxygen atoms in total. The molecule has 1 aromatic carbocycles. The summed E-state index contributed by atoms with van der Waals surface area (Å²) in [6.45, 7) is 3.69. The third kappa shape index (κ3) is 3.31. The Bertz CT molecular complexity index is 683. The average Bonchev–Trinajstić information content (AvgIpc) is 3.24. The standard InChI is InChI=1S/C17H22N4O2/c1-3-12-10-14(20-19-12)17(22)18-13-8-9-21(11-13)15-6-4-5-7-16(15)23-2/h4-7,10,13H,3,8-9,11H2,1-2H3,(H,18,22)(H,19,20). The van der Waals surface area contributed by atoms with Gasteiger partial charge in [0.1, 0.15) is 11.4 Å². The Labute approximate surface area is 135 Å². The minimum absolute atomic E-state index is 0.118. The van der Waals surface area contributed by atoms with Gasteiger partial charge in [0.2, 0.25) is 0 Å². The van der Waals surface area contributed by atoms with Crippen LogP contribution < -0.4 is 15.0 Å². The van der Waals surface area contributed by atoms with Crippen LogP contribution in [0.3, 0.4) is 0 Å². The Balaban J connectivity index is 1.62. The van der Waals surface area contributed by atoms with Gasteiger partial charge in [0, 0.05) is 24.8 Å². The molecule has 2 aromatic rings. The van der Waals surface area contributed by atoms with Crippen LogP contribution in [0.2, 0.25) is 0 Å². The van der Waals surface area contributed by atoms with Gasteiger partial charge in [-0.1, -0.05) is 19.1 Å². The highest BCUT2D eigenvalue weighted by molar-refractivity contribution is 5.92. The second-order valence-electron chi connectivity index (χ2n) is 5.71. The first-order valence-electron chi connectivity index (χ1n) is 7.94. The molecule has 0 saturated carbocycles. The minimum Gasteiger partial charge on any atom is -0.495 e. The van der Waals surface area contributed by atoms with Crippen molar-refractivity contribution in [1.82, 2.24) is 15.5 Å². The highest BCUT2D eigenvalue weighted by Gasteiger charge is 2.26. The number of aryl methyl sites for hydroxylation is 1. The first-order chi connectivity index (χ1) is 11.2. The number of nitrogens with zero attached hydrogens (tertiary/aromatic N) is 2. The fraction of sp³-hybridized carbons (Fsp3) is 0.412. The fourth-order valence-corrected chi connectivity index (χ4v) is 2.91. The van der Waals surface area contributed by atoms with Gasteiger partial charge in [-0.3, -0.25) is 9.89 Å². The number of methoxy groups -OCH3 is 1. The van der Waals surface area contributed by atoms with E-state index in [1.54, 1.807) is 7.11 Å². The number of amides is 1. The molecular weight excluding hydrogens is 292 g/mol. The first kappa shape index (κ1) is 15.4. The molecule has 6 heteroatoms. The molecule has 0 spiro atoms. The van der Waals surface area contributed by atoms with Crippen molar-refractivity contribution in [3.8, 4) is 5.75 Å². The van der Waals surface area contributed by atoms with Crippen LogP contribution in [0.1, 0.15) is 29.5 Å². The molecule has 0 radical (unpaired) electrons. The molecule has 2 heterocycles. The maximum atomic E-state index is 12.3. The lowest BCUT2D eigenvalue weighted by Crippen LogP contribution is -2.37. The SMILES string of the molecule is CCc1cc(C(=O)NC2CCN(c3ccccc3OC)C2)n[nH]1. The van der Waals surface area contributed by atoms with E-state index >= 15 is 0 Å². The minimum atomic E-state index is -0.118. The number of aromatic amines is 1. The molecule has 1 amide bonds. The summed E-state index contributed by atoms with van der Waals surface area (Å²) in [5.41, 5.74) is 2.49. The van der Waals surface area contributed by atoms with Crippen molar-refractivity contribution in [2.45, 2.75) is 25.8 Å². The normalized spacial score (nSPS) is 17.3. The number of carbonyl (C=O) groups is 1. The highest BCUT2D eigenvalue weighted by Crippen LogP contribution is 2.30. The van der Waals surface area contributed by atoms with E-state index in [4.69, 9.17) is 4.74 Å². The third-order valence-corrected chi connectivity index (χ3v) is 4.19. The maximum absolute atomic E-state index is 12.3. The van der Waals surface area contributed by atoms with Gasteiger partial charge in [-0.05, 0) is 31.0 Å². The molecule has 0 bridgehead atoms. The Morgan fingerprint density at radius 2 is 2.30 bits per heavy atom. The number of H-pyrrole nitrogens is 1. The van der Waals surface area contributed by atoms with Crippen molar-refractivity contribution in [3.05, 3.63) is 41.7 Å². The van der Waals surface area contributed by atoms with Crippen LogP contribution >= 0.6 is 0 Å². The number of carbonyl (C=O) groups excluding carboxylic acids is 1. The quantitative estimate of drug-likeness (QED) is 0.885. The van der Waals surface area contributed by atoms with Gasteiger partial charge < -0.3 is 15.0 Å². The van der Waals surface area contributed by atoms with Crippen molar-refractivity contribution >= 4 is 11.6 Å². The molecule has 1 aromatic heterocycles. The van der Waals surface area contributed by atoms with Gasteiger partial charge in [0.25, 0.3) is 5.91 Å². The molecule has 1 fully saturated rings. The maximum Gasteiger partial charge on any atom is 0.272 e. The highest BCUT2D eigenvalue weighted by atomic mass is 16.5. The number of ether oxygens (including phenoxy) is 1. The molecule has 3 rings (SSSR count). The largest absolute Gasteiger partial charge is 0.495 e. The molecule has 122 valence electrons. The molecular formula is C17H22N4O2. The van der Waals surface area contributed by atoms with Crippen molar-refractivity contribution in [1.29, 1.82) is 0 Å². The fourth-order valence-electron chi connectivity index (χ4n) is 2.91. The third-order valence-electron chi connectivity index (χ3n) is 4.19. The predicted molar refractivity (Wildman–Crippen MR) is 89.0 cm³/mol. The van der Waals surface area contributed by atoms with Crippen molar-refractivity contribution < 1.29 is 9.53 Å². The second kappa shape index (κ2) is 6.73. The summed E-state index contributed by atoms with van der Waals surface area (Å²) in [7, 11) is 1.68. The molecule has 0 aliphatic carbocycles. The molecule has 23 heavy (non-hydrogen) atoms. The van der Waals surface area contributed by atoms with E-state index in [9.17, 15) is 4.79 Å². The van der Waals surface area contributed by atoms with Crippen LogP contribution in [0.5, 0.6) is 5.75 Å². The average molecular weight is 314 g/mol. The first-order valence-corrected chi connectivity index (χ1v) is 7.94. The van der Waals surface area contributed by atoms with Gasteiger partial charge in [-0.15, -0.1) is 0 Å². The summed E-state index contributed by atoms with van der Waals surface area (Å²) >= 11 is 0. The molecule has 1 aliphatic heterocycles. The van der Waals surface area contributed by atoms with Crippen LogP contribution in [-0.4, -0.2) is 42.3 Å².